The number of ether oxygens (including phenoxy) is 4. The molecule has 1 amide bonds. The molecule has 0 saturated heterocycles. The van der Waals surface area contributed by atoms with Crippen molar-refractivity contribution >= 4 is 23.2 Å². The molecule has 8 nitrogen and oxygen atoms in total. The molecule has 3 aromatic rings. The van der Waals surface area contributed by atoms with E-state index in [4.69, 9.17) is 18.9 Å². The summed E-state index contributed by atoms with van der Waals surface area (Å²) in [7, 11) is 4.39. The fraction of sp³-hybridized carbons (Fsp3) is 0.227. The van der Waals surface area contributed by atoms with Crippen LogP contribution in [0, 0.1) is 0 Å². The number of carbonyl (C=O) groups excluding carboxylic acids is 2. The summed E-state index contributed by atoms with van der Waals surface area (Å²) in [5.74, 6) is 0.00466. The van der Waals surface area contributed by atoms with Crippen molar-refractivity contribution in [2.24, 2.45) is 0 Å². The average Bonchev–Trinajstić information content (AvgIpc) is 3.29. The third kappa shape index (κ3) is 5.52. The molecule has 0 aliphatic carbocycles. The van der Waals surface area contributed by atoms with Crippen molar-refractivity contribution in [1.29, 1.82) is 0 Å². The molecular formula is C22H22N2O6S. The van der Waals surface area contributed by atoms with Crippen molar-refractivity contribution in [2.45, 2.75) is 6.61 Å². The number of carbonyl (C=O) groups is 2. The van der Waals surface area contributed by atoms with E-state index in [1.165, 1.54) is 44.8 Å². The molecule has 162 valence electrons. The molecule has 0 aliphatic heterocycles. The number of aromatic nitrogens is 1. The molecule has 0 radical (unpaired) electrons. The highest BCUT2D eigenvalue weighted by Gasteiger charge is 2.18. The first kappa shape index (κ1) is 22.1. The maximum Gasteiger partial charge on any atom is 0.325 e. The molecule has 3 rings (SSSR count). The minimum absolute atomic E-state index is 0.0300. The topological polar surface area (TPSA) is 96.0 Å². The number of hydrogen-bond acceptors (Lipinski definition) is 8. The third-order valence-corrected chi connectivity index (χ3v) is 5.21. The summed E-state index contributed by atoms with van der Waals surface area (Å²) in [5.41, 5.74) is 1.91. The van der Waals surface area contributed by atoms with Crippen LogP contribution in [-0.2, 0) is 16.1 Å². The number of hydrogen-bond donors (Lipinski definition) is 1. The van der Waals surface area contributed by atoms with Gasteiger partial charge in [0.15, 0.2) is 11.5 Å². The van der Waals surface area contributed by atoms with Crippen LogP contribution in [0.1, 0.15) is 16.1 Å². The largest absolute Gasteiger partial charge is 0.493 e. The molecule has 2 aromatic carbocycles. The first-order valence-corrected chi connectivity index (χ1v) is 10.2. The Morgan fingerprint density at radius 3 is 2.29 bits per heavy atom. The number of nitrogens with one attached hydrogen (secondary N) is 1. The number of amides is 1. The van der Waals surface area contributed by atoms with Crippen molar-refractivity contribution < 1.29 is 28.5 Å². The number of rotatable bonds is 9. The Kier molecular flexibility index (Phi) is 7.45. The summed E-state index contributed by atoms with van der Waals surface area (Å²) < 4.78 is 20.9. The van der Waals surface area contributed by atoms with E-state index in [2.05, 4.69) is 10.3 Å². The van der Waals surface area contributed by atoms with Gasteiger partial charge in [-0.05, 0) is 12.1 Å². The lowest BCUT2D eigenvalue weighted by Gasteiger charge is -2.14. The summed E-state index contributed by atoms with van der Waals surface area (Å²) in [5, 5.41) is 5.21. The number of nitrogens with zero attached hydrogens (tertiary/aromatic N) is 1. The number of benzene rings is 2. The Balaban J connectivity index is 1.54. The second-order valence-corrected chi connectivity index (χ2v) is 7.13. The zero-order chi connectivity index (χ0) is 22.2. The van der Waals surface area contributed by atoms with Crippen molar-refractivity contribution in [1.82, 2.24) is 10.3 Å². The minimum atomic E-state index is -0.574. The number of methoxy groups -OCH3 is 3. The van der Waals surface area contributed by atoms with Crippen molar-refractivity contribution in [3.8, 4) is 27.8 Å². The lowest BCUT2D eigenvalue weighted by Crippen LogP contribution is -2.30. The highest BCUT2D eigenvalue weighted by Crippen LogP contribution is 2.38. The highest BCUT2D eigenvalue weighted by molar-refractivity contribution is 7.13. The third-order valence-electron chi connectivity index (χ3n) is 4.27. The van der Waals surface area contributed by atoms with Crippen LogP contribution in [0.2, 0.25) is 0 Å². The molecule has 1 aromatic heterocycles. The summed E-state index contributed by atoms with van der Waals surface area (Å²) >= 11 is 1.47. The average molecular weight is 442 g/mol. The molecule has 0 aliphatic rings. The van der Waals surface area contributed by atoms with E-state index < -0.39 is 11.9 Å². The predicted molar refractivity (Wildman–Crippen MR) is 116 cm³/mol. The molecule has 1 N–H and O–H groups in total. The van der Waals surface area contributed by atoms with Crippen molar-refractivity contribution in [3.05, 3.63) is 59.1 Å². The maximum absolute atomic E-state index is 12.4. The zero-order valence-corrected chi connectivity index (χ0v) is 18.2. The second kappa shape index (κ2) is 10.4. The first-order valence-electron chi connectivity index (χ1n) is 9.29. The summed E-state index contributed by atoms with van der Waals surface area (Å²) in [6, 6.07) is 12.7. The van der Waals surface area contributed by atoms with Gasteiger partial charge < -0.3 is 24.3 Å². The van der Waals surface area contributed by atoms with Gasteiger partial charge in [0.25, 0.3) is 5.91 Å². The quantitative estimate of drug-likeness (QED) is 0.508. The fourth-order valence-corrected chi connectivity index (χ4v) is 3.57. The van der Waals surface area contributed by atoms with Gasteiger partial charge in [0, 0.05) is 16.5 Å². The Hall–Kier alpha value is -3.59. The standard InChI is InChI=1S/C22H22N2O6S/c1-27-17-9-15(10-18(28-2)20(17)29-3)21(26)23-11-19(25)30-12-16-13-31-22(24-16)14-7-5-4-6-8-14/h4-10,13H,11-12H2,1-3H3,(H,23,26). The second-order valence-electron chi connectivity index (χ2n) is 6.27. The number of esters is 1. The van der Waals surface area contributed by atoms with Gasteiger partial charge in [0.05, 0.1) is 27.0 Å². The highest BCUT2D eigenvalue weighted by atomic mass is 32.1. The smallest absolute Gasteiger partial charge is 0.325 e. The lowest BCUT2D eigenvalue weighted by atomic mass is 10.1. The van der Waals surface area contributed by atoms with Crippen LogP contribution in [0.5, 0.6) is 17.2 Å². The normalized spacial score (nSPS) is 10.3. The van der Waals surface area contributed by atoms with Gasteiger partial charge in [-0.15, -0.1) is 11.3 Å². The van der Waals surface area contributed by atoms with Crippen molar-refractivity contribution in [3.63, 3.8) is 0 Å². The van der Waals surface area contributed by atoms with Crippen LogP contribution in [0.4, 0.5) is 0 Å². The summed E-state index contributed by atoms with van der Waals surface area (Å²) in [4.78, 5) is 28.9. The van der Waals surface area contributed by atoms with Crippen LogP contribution >= 0.6 is 11.3 Å². The SMILES string of the molecule is COc1cc(C(=O)NCC(=O)OCc2csc(-c3ccccc3)n2)cc(OC)c1OC. The monoisotopic (exact) mass is 442 g/mol. The predicted octanol–water partition coefficient (Wildman–Crippen LogP) is 3.31. The van der Waals surface area contributed by atoms with Gasteiger partial charge in [-0.2, -0.15) is 0 Å². The Bertz CT molecular complexity index is 1030. The van der Waals surface area contributed by atoms with E-state index >= 15 is 0 Å². The fourth-order valence-electron chi connectivity index (χ4n) is 2.76. The summed E-state index contributed by atoms with van der Waals surface area (Å²) in [6.45, 7) is -0.257. The zero-order valence-electron chi connectivity index (χ0n) is 17.3. The molecule has 0 fully saturated rings. The van der Waals surface area contributed by atoms with Crippen LogP contribution < -0.4 is 19.5 Å². The molecule has 0 unspecified atom stereocenters. The van der Waals surface area contributed by atoms with Crippen LogP contribution in [-0.4, -0.2) is 44.7 Å². The molecular weight excluding hydrogens is 420 g/mol. The Morgan fingerprint density at radius 1 is 1.00 bits per heavy atom. The van der Waals surface area contributed by atoms with Gasteiger partial charge in [-0.25, -0.2) is 4.98 Å². The molecule has 1 heterocycles. The molecule has 0 spiro atoms. The minimum Gasteiger partial charge on any atom is -0.493 e. The summed E-state index contributed by atoms with van der Waals surface area (Å²) in [6.07, 6.45) is 0. The molecule has 0 saturated carbocycles. The van der Waals surface area contributed by atoms with Crippen molar-refractivity contribution in [2.75, 3.05) is 27.9 Å². The van der Waals surface area contributed by atoms with Gasteiger partial charge in [-0.1, -0.05) is 30.3 Å². The molecule has 0 atom stereocenters. The Morgan fingerprint density at radius 2 is 1.68 bits per heavy atom. The van der Waals surface area contributed by atoms with E-state index in [-0.39, 0.29) is 18.7 Å². The van der Waals surface area contributed by atoms with Gasteiger partial charge in [-0.3, -0.25) is 9.59 Å². The first-order chi connectivity index (χ1) is 15.0. The van der Waals surface area contributed by atoms with Gasteiger partial charge in [0.1, 0.15) is 18.2 Å². The lowest BCUT2D eigenvalue weighted by molar-refractivity contribution is -0.143. The van der Waals surface area contributed by atoms with E-state index in [9.17, 15) is 9.59 Å². The van der Waals surface area contributed by atoms with E-state index in [1.54, 1.807) is 0 Å². The molecule has 31 heavy (non-hydrogen) atoms. The van der Waals surface area contributed by atoms with Crippen LogP contribution in [0.15, 0.2) is 47.8 Å². The van der Waals surface area contributed by atoms with Crippen LogP contribution in [0.25, 0.3) is 10.6 Å². The Labute approximate surface area is 183 Å². The number of thiazole rings is 1. The van der Waals surface area contributed by atoms with Gasteiger partial charge >= 0.3 is 5.97 Å². The maximum atomic E-state index is 12.4. The van der Waals surface area contributed by atoms with E-state index in [0.29, 0.717) is 22.9 Å². The van der Waals surface area contributed by atoms with E-state index in [1.807, 2.05) is 35.7 Å². The molecule has 0 bridgehead atoms. The molecule has 9 heteroatoms. The van der Waals surface area contributed by atoms with Crippen LogP contribution in [0.3, 0.4) is 0 Å². The van der Waals surface area contributed by atoms with Gasteiger partial charge in [0.2, 0.25) is 5.75 Å². The van der Waals surface area contributed by atoms with E-state index in [0.717, 1.165) is 10.6 Å².